The SMILES string of the molecule is CCCOc1ccc(F)c(I)c1Br. The van der Waals surface area contributed by atoms with Crippen molar-refractivity contribution in [1.29, 1.82) is 0 Å². The van der Waals surface area contributed by atoms with Gasteiger partial charge < -0.3 is 4.74 Å². The van der Waals surface area contributed by atoms with Crippen LogP contribution in [-0.4, -0.2) is 6.61 Å². The summed E-state index contributed by atoms with van der Waals surface area (Å²) in [5.41, 5.74) is 0. The molecule has 0 bridgehead atoms. The number of halogens is 3. The van der Waals surface area contributed by atoms with E-state index >= 15 is 0 Å². The predicted octanol–water partition coefficient (Wildman–Crippen LogP) is 3.98. The summed E-state index contributed by atoms with van der Waals surface area (Å²) in [6.45, 7) is 2.68. The molecule has 0 heterocycles. The molecule has 0 saturated carbocycles. The van der Waals surface area contributed by atoms with Crippen LogP contribution in [0.3, 0.4) is 0 Å². The zero-order valence-electron chi connectivity index (χ0n) is 7.11. The van der Waals surface area contributed by atoms with E-state index in [9.17, 15) is 4.39 Å². The molecule has 13 heavy (non-hydrogen) atoms. The van der Waals surface area contributed by atoms with Gasteiger partial charge in [-0.3, -0.25) is 0 Å². The molecular weight excluding hydrogens is 350 g/mol. The van der Waals surface area contributed by atoms with Crippen LogP contribution in [0.4, 0.5) is 4.39 Å². The van der Waals surface area contributed by atoms with Gasteiger partial charge in [0.2, 0.25) is 0 Å². The van der Waals surface area contributed by atoms with E-state index in [1.807, 2.05) is 29.5 Å². The van der Waals surface area contributed by atoms with Crippen molar-refractivity contribution in [3.05, 3.63) is 26.0 Å². The fourth-order valence-corrected chi connectivity index (χ4v) is 1.71. The molecule has 1 aromatic rings. The fourth-order valence-electron chi connectivity index (χ4n) is 0.832. The summed E-state index contributed by atoms with van der Waals surface area (Å²) in [4.78, 5) is 0. The lowest BCUT2D eigenvalue weighted by Gasteiger charge is -2.08. The van der Waals surface area contributed by atoms with Gasteiger partial charge in [0.25, 0.3) is 0 Å². The van der Waals surface area contributed by atoms with Gasteiger partial charge in [0.05, 0.1) is 14.6 Å². The largest absolute Gasteiger partial charge is 0.492 e. The molecular formula is C9H9BrFIO. The second-order valence-electron chi connectivity index (χ2n) is 2.52. The Hall–Kier alpha value is 0.160. The van der Waals surface area contributed by atoms with Crippen molar-refractivity contribution >= 4 is 38.5 Å². The van der Waals surface area contributed by atoms with Crippen LogP contribution in [0, 0.1) is 9.39 Å². The molecule has 0 aliphatic heterocycles. The monoisotopic (exact) mass is 358 g/mol. The Morgan fingerprint density at radius 2 is 2.23 bits per heavy atom. The Balaban J connectivity index is 2.90. The van der Waals surface area contributed by atoms with Crippen LogP contribution >= 0.6 is 38.5 Å². The maximum absolute atomic E-state index is 13.0. The van der Waals surface area contributed by atoms with Crippen molar-refractivity contribution < 1.29 is 9.13 Å². The molecule has 0 aromatic heterocycles. The third-order valence-electron chi connectivity index (χ3n) is 1.46. The summed E-state index contributed by atoms with van der Waals surface area (Å²) in [6.07, 6.45) is 0.945. The van der Waals surface area contributed by atoms with Crippen LogP contribution in [0.25, 0.3) is 0 Å². The first-order valence-corrected chi connectivity index (χ1v) is 5.80. The van der Waals surface area contributed by atoms with E-state index in [1.54, 1.807) is 6.07 Å². The van der Waals surface area contributed by atoms with Crippen LogP contribution in [0.15, 0.2) is 16.6 Å². The molecule has 1 rings (SSSR count). The highest BCUT2D eigenvalue weighted by Crippen LogP contribution is 2.31. The van der Waals surface area contributed by atoms with E-state index in [2.05, 4.69) is 15.9 Å². The molecule has 0 amide bonds. The van der Waals surface area contributed by atoms with Crippen LogP contribution in [0.1, 0.15) is 13.3 Å². The maximum Gasteiger partial charge on any atom is 0.137 e. The standard InChI is InChI=1S/C9H9BrFIO/c1-2-5-13-7-4-3-6(11)9(12)8(7)10/h3-4H,2,5H2,1H3. The first-order chi connectivity index (χ1) is 6.16. The Morgan fingerprint density at radius 3 is 2.85 bits per heavy atom. The molecule has 0 radical (unpaired) electrons. The van der Waals surface area contributed by atoms with Gasteiger partial charge in [0, 0.05) is 0 Å². The molecule has 0 aliphatic rings. The first kappa shape index (κ1) is 11.2. The molecule has 0 atom stereocenters. The highest BCUT2D eigenvalue weighted by molar-refractivity contribution is 14.1. The van der Waals surface area contributed by atoms with Gasteiger partial charge in [0.15, 0.2) is 0 Å². The minimum atomic E-state index is -0.226. The van der Waals surface area contributed by atoms with Gasteiger partial charge >= 0.3 is 0 Å². The second-order valence-corrected chi connectivity index (χ2v) is 4.39. The lowest BCUT2D eigenvalue weighted by Crippen LogP contribution is -1.97. The van der Waals surface area contributed by atoms with Crippen LogP contribution in [-0.2, 0) is 0 Å². The van der Waals surface area contributed by atoms with E-state index in [1.165, 1.54) is 6.07 Å². The lowest BCUT2D eigenvalue weighted by atomic mass is 10.3. The van der Waals surface area contributed by atoms with Gasteiger partial charge in [-0.2, -0.15) is 0 Å². The molecule has 0 N–H and O–H groups in total. The van der Waals surface area contributed by atoms with E-state index < -0.39 is 0 Å². The number of hydrogen-bond donors (Lipinski definition) is 0. The average molecular weight is 359 g/mol. The van der Waals surface area contributed by atoms with Gasteiger partial charge in [-0.1, -0.05) is 6.92 Å². The van der Waals surface area contributed by atoms with Crippen LogP contribution < -0.4 is 4.74 Å². The van der Waals surface area contributed by atoms with E-state index in [-0.39, 0.29) is 5.82 Å². The number of ether oxygens (including phenoxy) is 1. The molecule has 72 valence electrons. The molecule has 1 nitrogen and oxygen atoms in total. The summed E-state index contributed by atoms with van der Waals surface area (Å²) in [6, 6.07) is 3.05. The number of benzene rings is 1. The molecule has 0 fully saturated rings. The topological polar surface area (TPSA) is 9.23 Å². The second kappa shape index (κ2) is 5.14. The zero-order valence-corrected chi connectivity index (χ0v) is 10.9. The third-order valence-corrected chi connectivity index (χ3v) is 4.04. The van der Waals surface area contributed by atoms with Crippen molar-refractivity contribution in [2.24, 2.45) is 0 Å². The number of rotatable bonds is 3. The Bertz CT molecular complexity index is 304. The molecule has 0 spiro atoms. The van der Waals surface area contributed by atoms with Crippen LogP contribution in [0.2, 0.25) is 0 Å². The highest BCUT2D eigenvalue weighted by Gasteiger charge is 2.08. The third kappa shape index (κ3) is 2.80. The summed E-state index contributed by atoms with van der Waals surface area (Å²) in [5.74, 6) is 0.476. The highest BCUT2D eigenvalue weighted by atomic mass is 127. The molecule has 0 aliphatic carbocycles. The Labute approximate surface area is 98.9 Å². The quantitative estimate of drug-likeness (QED) is 0.586. The first-order valence-electron chi connectivity index (χ1n) is 3.93. The minimum absolute atomic E-state index is 0.226. The summed E-state index contributed by atoms with van der Waals surface area (Å²) >= 11 is 5.23. The van der Waals surface area contributed by atoms with Crippen molar-refractivity contribution in [2.45, 2.75) is 13.3 Å². The molecule has 4 heteroatoms. The number of hydrogen-bond acceptors (Lipinski definition) is 1. The van der Waals surface area contributed by atoms with Gasteiger partial charge in [-0.25, -0.2) is 4.39 Å². The van der Waals surface area contributed by atoms with Crippen molar-refractivity contribution in [3.63, 3.8) is 0 Å². The van der Waals surface area contributed by atoms with E-state index in [4.69, 9.17) is 4.74 Å². The minimum Gasteiger partial charge on any atom is -0.492 e. The van der Waals surface area contributed by atoms with Crippen molar-refractivity contribution in [3.8, 4) is 5.75 Å². The Morgan fingerprint density at radius 1 is 1.54 bits per heavy atom. The van der Waals surface area contributed by atoms with Gasteiger partial charge in [-0.05, 0) is 57.1 Å². The molecule has 0 unspecified atom stereocenters. The fraction of sp³-hybridized carbons (Fsp3) is 0.333. The predicted molar refractivity (Wildman–Crippen MR) is 62.6 cm³/mol. The van der Waals surface area contributed by atoms with Gasteiger partial charge in [-0.15, -0.1) is 0 Å². The average Bonchev–Trinajstić information content (AvgIpc) is 2.13. The van der Waals surface area contributed by atoms with Crippen molar-refractivity contribution in [2.75, 3.05) is 6.61 Å². The zero-order chi connectivity index (χ0) is 9.84. The summed E-state index contributed by atoms with van der Waals surface area (Å²) < 4.78 is 19.6. The molecule has 0 saturated heterocycles. The Kier molecular flexibility index (Phi) is 4.45. The molecule has 1 aromatic carbocycles. The maximum atomic E-state index is 13.0. The van der Waals surface area contributed by atoms with Crippen LogP contribution in [0.5, 0.6) is 5.75 Å². The lowest BCUT2D eigenvalue weighted by molar-refractivity contribution is 0.314. The van der Waals surface area contributed by atoms with E-state index in [0.29, 0.717) is 20.4 Å². The van der Waals surface area contributed by atoms with E-state index in [0.717, 1.165) is 6.42 Å². The van der Waals surface area contributed by atoms with Crippen molar-refractivity contribution in [1.82, 2.24) is 0 Å². The smallest absolute Gasteiger partial charge is 0.137 e. The van der Waals surface area contributed by atoms with Gasteiger partial charge in [0.1, 0.15) is 11.6 Å². The normalized spacial score (nSPS) is 10.2. The summed E-state index contributed by atoms with van der Waals surface area (Å²) in [7, 11) is 0. The summed E-state index contributed by atoms with van der Waals surface area (Å²) in [5, 5.41) is 0.